The minimum atomic E-state index is 0.112. The van der Waals surface area contributed by atoms with E-state index in [0.717, 1.165) is 25.4 Å². The van der Waals surface area contributed by atoms with Crippen molar-refractivity contribution >= 4 is 33.0 Å². The van der Waals surface area contributed by atoms with Crippen molar-refractivity contribution in [1.29, 1.82) is 0 Å². The van der Waals surface area contributed by atoms with Gasteiger partial charge >= 0.3 is 0 Å². The minimum absolute atomic E-state index is 0.112. The predicted molar refractivity (Wildman–Crippen MR) is 76.1 cm³/mol. The number of benzene rings is 1. The molecule has 1 nitrogen and oxygen atoms in total. The van der Waals surface area contributed by atoms with Crippen LogP contribution in [-0.2, 0) is 0 Å². The van der Waals surface area contributed by atoms with Crippen LogP contribution in [0, 0.1) is 20.8 Å². The van der Waals surface area contributed by atoms with Crippen molar-refractivity contribution in [3.63, 3.8) is 0 Å². The topological polar surface area (TPSA) is 17.1 Å². The van der Waals surface area contributed by atoms with Gasteiger partial charge in [0.05, 0.1) is 8.66 Å². The molecule has 0 N–H and O–H groups in total. The highest BCUT2D eigenvalue weighted by molar-refractivity contribution is 9.11. The first-order chi connectivity index (χ1) is 7.99. The summed E-state index contributed by atoms with van der Waals surface area (Å²) in [6, 6.07) is 7.88. The predicted octanol–water partition coefficient (Wildman–Crippen LogP) is 4.67. The second-order valence-corrected chi connectivity index (χ2v) is 6.58. The van der Waals surface area contributed by atoms with Crippen LogP contribution in [0.2, 0.25) is 0 Å². The number of carbonyl (C=O) groups is 1. The average molecular weight is 309 g/mol. The molecule has 0 spiro atoms. The van der Waals surface area contributed by atoms with Crippen molar-refractivity contribution in [3.8, 4) is 0 Å². The number of aryl methyl sites for hydroxylation is 3. The third-order valence-corrected chi connectivity index (χ3v) is 4.84. The summed E-state index contributed by atoms with van der Waals surface area (Å²) >= 11 is 4.95. The molecule has 1 aromatic heterocycles. The molecule has 0 saturated carbocycles. The Morgan fingerprint density at radius 1 is 1.12 bits per heavy atom. The Morgan fingerprint density at radius 3 is 2.35 bits per heavy atom. The molecule has 0 aliphatic heterocycles. The van der Waals surface area contributed by atoms with Gasteiger partial charge in [-0.1, -0.05) is 23.8 Å². The molecule has 88 valence electrons. The molecule has 1 heterocycles. The lowest BCUT2D eigenvalue weighted by Crippen LogP contribution is -2.01. The van der Waals surface area contributed by atoms with E-state index in [1.165, 1.54) is 16.9 Å². The third kappa shape index (κ3) is 2.50. The number of rotatable bonds is 2. The molecule has 3 heteroatoms. The van der Waals surface area contributed by atoms with E-state index in [1.807, 2.05) is 45.0 Å². The SMILES string of the molecule is Cc1ccc(C(=O)c2cc(C)c(Br)s2)c(C)c1. The Hall–Kier alpha value is -0.930. The quantitative estimate of drug-likeness (QED) is 0.737. The fourth-order valence-electron chi connectivity index (χ4n) is 1.77. The Balaban J connectivity index is 2.43. The van der Waals surface area contributed by atoms with Crippen LogP contribution in [0.3, 0.4) is 0 Å². The van der Waals surface area contributed by atoms with Crippen LogP contribution in [0.4, 0.5) is 0 Å². The fourth-order valence-corrected chi connectivity index (χ4v) is 3.26. The molecule has 17 heavy (non-hydrogen) atoms. The molecule has 0 amide bonds. The summed E-state index contributed by atoms with van der Waals surface area (Å²) < 4.78 is 1.03. The highest BCUT2D eigenvalue weighted by atomic mass is 79.9. The smallest absolute Gasteiger partial charge is 0.203 e. The summed E-state index contributed by atoms with van der Waals surface area (Å²) in [5.74, 6) is 0.112. The van der Waals surface area contributed by atoms with Crippen molar-refractivity contribution in [2.75, 3.05) is 0 Å². The van der Waals surface area contributed by atoms with E-state index in [2.05, 4.69) is 15.9 Å². The first kappa shape index (κ1) is 12.5. The van der Waals surface area contributed by atoms with Gasteiger partial charge in [-0.2, -0.15) is 0 Å². The standard InChI is InChI=1S/C14H13BrOS/c1-8-4-5-11(9(2)6-8)13(16)12-7-10(3)14(15)17-12/h4-7H,1-3H3. The van der Waals surface area contributed by atoms with Crippen LogP contribution in [0.5, 0.6) is 0 Å². The summed E-state index contributed by atoms with van der Waals surface area (Å²) in [6.45, 7) is 6.02. The van der Waals surface area contributed by atoms with Gasteiger partial charge in [0.15, 0.2) is 0 Å². The van der Waals surface area contributed by atoms with E-state index < -0.39 is 0 Å². The maximum atomic E-state index is 12.3. The number of ketones is 1. The van der Waals surface area contributed by atoms with E-state index >= 15 is 0 Å². The van der Waals surface area contributed by atoms with Gasteiger partial charge in [0, 0.05) is 5.56 Å². The normalized spacial score (nSPS) is 10.6. The Bertz CT molecular complexity index is 564. The van der Waals surface area contributed by atoms with Crippen LogP contribution in [-0.4, -0.2) is 5.78 Å². The van der Waals surface area contributed by atoms with E-state index in [4.69, 9.17) is 0 Å². The molecule has 0 unspecified atom stereocenters. The van der Waals surface area contributed by atoms with E-state index in [9.17, 15) is 4.79 Å². The maximum Gasteiger partial charge on any atom is 0.203 e. The van der Waals surface area contributed by atoms with Crippen LogP contribution in [0.25, 0.3) is 0 Å². The molecular weight excluding hydrogens is 296 g/mol. The number of hydrogen-bond donors (Lipinski definition) is 0. The van der Waals surface area contributed by atoms with Crippen molar-refractivity contribution in [1.82, 2.24) is 0 Å². The maximum absolute atomic E-state index is 12.3. The second kappa shape index (κ2) is 4.75. The second-order valence-electron chi connectivity index (χ2n) is 4.21. The van der Waals surface area contributed by atoms with E-state index in [1.54, 1.807) is 0 Å². The average Bonchev–Trinajstić information content (AvgIpc) is 2.58. The Morgan fingerprint density at radius 2 is 1.82 bits per heavy atom. The molecule has 0 radical (unpaired) electrons. The molecule has 0 fully saturated rings. The Kier molecular flexibility index (Phi) is 3.50. The van der Waals surface area contributed by atoms with Crippen LogP contribution in [0.15, 0.2) is 28.1 Å². The zero-order chi connectivity index (χ0) is 12.6. The van der Waals surface area contributed by atoms with Gasteiger partial charge < -0.3 is 0 Å². The van der Waals surface area contributed by atoms with Crippen LogP contribution >= 0.6 is 27.3 Å². The molecule has 2 rings (SSSR count). The lowest BCUT2D eigenvalue weighted by molar-refractivity contribution is 0.104. The lowest BCUT2D eigenvalue weighted by Gasteiger charge is -2.04. The summed E-state index contributed by atoms with van der Waals surface area (Å²) in [4.78, 5) is 13.1. The number of carbonyl (C=O) groups excluding carboxylic acids is 1. The molecular formula is C14H13BrOS. The van der Waals surface area contributed by atoms with Gasteiger partial charge in [-0.25, -0.2) is 0 Å². The number of halogens is 1. The molecule has 0 saturated heterocycles. The summed E-state index contributed by atoms with van der Waals surface area (Å²) in [7, 11) is 0. The first-order valence-electron chi connectivity index (χ1n) is 5.37. The van der Waals surface area contributed by atoms with Gasteiger partial charge in [-0.3, -0.25) is 4.79 Å². The molecule has 0 aliphatic carbocycles. The monoisotopic (exact) mass is 308 g/mol. The lowest BCUT2D eigenvalue weighted by atomic mass is 10.0. The van der Waals surface area contributed by atoms with Crippen molar-refractivity contribution in [2.24, 2.45) is 0 Å². The zero-order valence-corrected chi connectivity index (χ0v) is 12.4. The third-order valence-electron chi connectivity index (χ3n) is 2.71. The number of hydrogen-bond acceptors (Lipinski definition) is 2. The number of thiophene rings is 1. The van der Waals surface area contributed by atoms with Gasteiger partial charge in [0.25, 0.3) is 0 Å². The summed E-state index contributed by atoms with van der Waals surface area (Å²) in [5.41, 5.74) is 4.13. The highest BCUT2D eigenvalue weighted by Crippen LogP contribution is 2.29. The van der Waals surface area contributed by atoms with Gasteiger partial charge in [-0.05, 0) is 53.9 Å². The van der Waals surface area contributed by atoms with Crippen molar-refractivity contribution < 1.29 is 4.79 Å². The largest absolute Gasteiger partial charge is 0.288 e. The van der Waals surface area contributed by atoms with E-state index in [-0.39, 0.29) is 5.78 Å². The van der Waals surface area contributed by atoms with Crippen molar-refractivity contribution in [2.45, 2.75) is 20.8 Å². The van der Waals surface area contributed by atoms with Crippen molar-refractivity contribution in [3.05, 3.63) is 55.2 Å². The summed E-state index contributed by atoms with van der Waals surface area (Å²) in [6.07, 6.45) is 0. The Labute approximate surface area is 114 Å². The molecule has 0 bridgehead atoms. The molecule has 0 aliphatic rings. The molecule has 2 aromatic rings. The zero-order valence-electron chi connectivity index (χ0n) is 10.0. The van der Waals surface area contributed by atoms with Crippen LogP contribution in [0.1, 0.15) is 31.9 Å². The first-order valence-corrected chi connectivity index (χ1v) is 6.98. The summed E-state index contributed by atoms with van der Waals surface area (Å²) in [5, 5.41) is 0. The van der Waals surface area contributed by atoms with Crippen LogP contribution < -0.4 is 0 Å². The molecule has 0 atom stereocenters. The van der Waals surface area contributed by atoms with Gasteiger partial charge in [-0.15, -0.1) is 11.3 Å². The van der Waals surface area contributed by atoms with Gasteiger partial charge in [0.2, 0.25) is 5.78 Å². The fraction of sp³-hybridized carbons (Fsp3) is 0.214. The van der Waals surface area contributed by atoms with Gasteiger partial charge in [0.1, 0.15) is 0 Å². The highest BCUT2D eigenvalue weighted by Gasteiger charge is 2.15. The minimum Gasteiger partial charge on any atom is -0.288 e. The molecule has 1 aromatic carbocycles. The van der Waals surface area contributed by atoms with E-state index in [0.29, 0.717) is 0 Å².